The molecular weight excluding hydrogens is 200 g/mol. The van der Waals surface area contributed by atoms with Gasteiger partial charge in [0.2, 0.25) is 0 Å². The van der Waals surface area contributed by atoms with Crippen molar-refractivity contribution in [1.82, 2.24) is 0 Å². The van der Waals surface area contributed by atoms with Crippen LogP contribution in [-0.4, -0.2) is 12.1 Å². The minimum absolute atomic E-state index is 0.0225. The zero-order chi connectivity index (χ0) is 12.5. The van der Waals surface area contributed by atoms with Crippen LogP contribution in [0.4, 0.5) is 0 Å². The molecule has 16 heavy (non-hydrogen) atoms. The molecule has 0 spiro atoms. The number of hydrogen-bond donors (Lipinski definition) is 0. The lowest BCUT2D eigenvalue weighted by atomic mass is 10.1. The van der Waals surface area contributed by atoms with Gasteiger partial charge in [0.1, 0.15) is 6.10 Å². The van der Waals surface area contributed by atoms with Crippen LogP contribution < -0.4 is 0 Å². The van der Waals surface area contributed by atoms with Gasteiger partial charge in [-0.3, -0.25) is 4.79 Å². The maximum absolute atomic E-state index is 11.5. The Morgan fingerprint density at radius 2 is 1.94 bits per heavy atom. The molecule has 1 rings (SSSR count). The zero-order valence-corrected chi connectivity index (χ0v) is 11.1. The highest BCUT2D eigenvalue weighted by molar-refractivity contribution is 5.72. The largest absolute Gasteiger partial charge is 0.461 e. The molecule has 2 unspecified atom stereocenters. The quantitative estimate of drug-likeness (QED) is 0.541. The van der Waals surface area contributed by atoms with E-state index in [2.05, 4.69) is 19.6 Å². The summed E-state index contributed by atoms with van der Waals surface area (Å²) in [6, 6.07) is 0. The molecule has 1 aliphatic rings. The first kappa shape index (κ1) is 13.1. The van der Waals surface area contributed by atoms with E-state index in [-0.39, 0.29) is 23.4 Å². The maximum Gasteiger partial charge on any atom is 0.308 e. The average molecular weight is 222 g/mol. The molecule has 1 saturated carbocycles. The number of esters is 1. The van der Waals surface area contributed by atoms with Crippen molar-refractivity contribution in [3.05, 3.63) is 17.4 Å². The summed E-state index contributed by atoms with van der Waals surface area (Å²) in [5, 5.41) is 0. The molecule has 0 N–H and O–H groups in total. The fourth-order valence-electron chi connectivity index (χ4n) is 1.67. The summed E-state index contributed by atoms with van der Waals surface area (Å²) in [6.45, 7) is 12.0. The second-order valence-corrected chi connectivity index (χ2v) is 5.67. The van der Waals surface area contributed by atoms with Crippen molar-refractivity contribution in [3.63, 3.8) is 0 Å². The summed E-state index contributed by atoms with van der Waals surface area (Å²) in [5.41, 5.74) is 4.41. The Bertz CT molecular complexity index is 340. The van der Waals surface area contributed by atoms with Gasteiger partial charge in [-0.05, 0) is 25.5 Å². The van der Waals surface area contributed by atoms with Gasteiger partial charge in [-0.25, -0.2) is 0 Å². The Hall–Kier alpha value is -1.01. The Morgan fingerprint density at radius 3 is 2.38 bits per heavy atom. The minimum atomic E-state index is -0.105. The van der Waals surface area contributed by atoms with Crippen molar-refractivity contribution >= 4 is 5.97 Å². The Labute approximate surface area is 98.4 Å². The van der Waals surface area contributed by atoms with Crippen molar-refractivity contribution in [2.45, 2.75) is 47.6 Å². The first-order valence-corrected chi connectivity index (χ1v) is 5.87. The molecule has 0 amide bonds. The topological polar surface area (TPSA) is 26.3 Å². The first-order valence-electron chi connectivity index (χ1n) is 5.87. The van der Waals surface area contributed by atoms with Gasteiger partial charge in [-0.15, -0.1) is 5.73 Å². The van der Waals surface area contributed by atoms with Gasteiger partial charge in [0.15, 0.2) is 0 Å². The Balaban J connectivity index is 2.65. The highest BCUT2D eigenvalue weighted by Gasteiger charge is 2.59. The van der Waals surface area contributed by atoms with E-state index in [1.807, 2.05) is 33.8 Å². The van der Waals surface area contributed by atoms with Gasteiger partial charge in [-0.2, -0.15) is 0 Å². The average Bonchev–Trinajstić information content (AvgIpc) is 2.64. The molecule has 1 aliphatic carbocycles. The molecule has 0 heterocycles. The van der Waals surface area contributed by atoms with Crippen LogP contribution in [0.25, 0.3) is 0 Å². The molecule has 0 aromatic rings. The van der Waals surface area contributed by atoms with Crippen LogP contribution >= 0.6 is 0 Å². The van der Waals surface area contributed by atoms with Crippen LogP contribution in [0.2, 0.25) is 0 Å². The van der Waals surface area contributed by atoms with E-state index in [1.165, 1.54) is 0 Å². The number of carbonyl (C=O) groups is 1. The molecular formula is C14H22O2. The number of hydrogen-bond acceptors (Lipinski definition) is 2. The second-order valence-electron chi connectivity index (χ2n) is 5.67. The third kappa shape index (κ3) is 2.76. The molecule has 2 nitrogen and oxygen atoms in total. The summed E-state index contributed by atoms with van der Waals surface area (Å²) in [5.74, 6) is 0.153. The Kier molecular flexibility index (Phi) is 3.64. The van der Waals surface area contributed by atoms with Crippen LogP contribution in [0.3, 0.4) is 0 Å². The highest BCUT2D eigenvalue weighted by atomic mass is 16.6. The molecule has 0 aromatic carbocycles. The molecule has 0 radical (unpaired) electrons. The first-order chi connectivity index (χ1) is 7.26. The normalized spacial score (nSPS) is 25.9. The number of ether oxygens (including phenoxy) is 1. The lowest BCUT2D eigenvalue weighted by molar-refractivity contribution is -0.149. The van der Waals surface area contributed by atoms with Crippen LogP contribution in [0.15, 0.2) is 17.4 Å². The summed E-state index contributed by atoms with van der Waals surface area (Å²) >= 11 is 0. The van der Waals surface area contributed by atoms with Crippen LogP contribution in [-0.2, 0) is 9.53 Å². The summed E-state index contributed by atoms with van der Waals surface area (Å²) < 4.78 is 5.46. The maximum atomic E-state index is 11.5. The van der Waals surface area contributed by atoms with E-state index >= 15 is 0 Å². The molecule has 1 fully saturated rings. The van der Waals surface area contributed by atoms with Gasteiger partial charge in [-0.1, -0.05) is 27.7 Å². The molecule has 0 aromatic heterocycles. The fraction of sp³-hybridized carbons (Fsp3) is 0.714. The summed E-state index contributed by atoms with van der Waals surface area (Å²) in [6.07, 6.45) is 2.06. The molecule has 0 bridgehead atoms. The van der Waals surface area contributed by atoms with E-state index < -0.39 is 0 Å². The summed E-state index contributed by atoms with van der Waals surface area (Å²) in [7, 11) is 0. The zero-order valence-electron chi connectivity index (χ0n) is 11.1. The highest BCUT2D eigenvalue weighted by Crippen LogP contribution is 2.55. The molecule has 2 heteroatoms. The van der Waals surface area contributed by atoms with E-state index in [0.29, 0.717) is 5.92 Å². The predicted octanol–water partition coefficient (Wildman–Crippen LogP) is 3.33. The lowest BCUT2D eigenvalue weighted by Gasteiger charge is -2.07. The van der Waals surface area contributed by atoms with Crippen molar-refractivity contribution < 1.29 is 9.53 Å². The van der Waals surface area contributed by atoms with Gasteiger partial charge in [0.25, 0.3) is 0 Å². The van der Waals surface area contributed by atoms with E-state index in [1.54, 1.807) is 0 Å². The van der Waals surface area contributed by atoms with Gasteiger partial charge < -0.3 is 4.74 Å². The lowest BCUT2D eigenvalue weighted by Crippen LogP contribution is -2.15. The van der Waals surface area contributed by atoms with Crippen molar-refractivity contribution in [2.75, 3.05) is 0 Å². The van der Waals surface area contributed by atoms with Gasteiger partial charge >= 0.3 is 5.97 Å². The van der Waals surface area contributed by atoms with E-state index in [9.17, 15) is 4.79 Å². The third-order valence-corrected chi connectivity index (χ3v) is 3.08. The van der Waals surface area contributed by atoms with E-state index in [0.717, 1.165) is 5.57 Å². The van der Waals surface area contributed by atoms with Gasteiger partial charge in [0, 0.05) is 11.3 Å². The van der Waals surface area contributed by atoms with Crippen molar-refractivity contribution in [3.8, 4) is 0 Å². The van der Waals surface area contributed by atoms with Crippen LogP contribution in [0.5, 0.6) is 0 Å². The predicted molar refractivity (Wildman–Crippen MR) is 64.9 cm³/mol. The van der Waals surface area contributed by atoms with Crippen LogP contribution in [0.1, 0.15) is 41.5 Å². The smallest absolute Gasteiger partial charge is 0.308 e. The van der Waals surface area contributed by atoms with Gasteiger partial charge in [0.05, 0.1) is 5.92 Å². The monoisotopic (exact) mass is 222 g/mol. The van der Waals surface area contributed by atoms with E-state index in [4.69, 9.17) is 4.74 Å². The Morgan fingerprint density at radius 1 is 1.38 bits per heavy atom. The number of rotatable bonds is 3. The third-order valence-electron chi connectivity index (χ3n) is 3.08. The minimum Gasteiger partial charge on any atom is -0.461 e. The molecule has 0 saturated heterocycles. The standard InChI is InChI=1S/C14H22O2/c1-9(2)7-8-11-12(14(11,5)6)16-13(15)10(3)4/h8,10-12H,1-6H3. The SMILES string of the molecule is CC(C)=C=CC1C(OC(=O)C(C)C)C1(C)C. The van der Waals surface area contributed by atoms with Crippen molar-refractivity contribution in [2.24, 2.45) is 17.3 Å². The number of carbonyl (C=O) groups excluding carboxylic acids is 1. The molecule has 0 aliphatic heterocycles. The molecule has 90 valence electrons. The molecule has 2 atom stereocenters. The van der Waals surface area contributed by atoms with Crippen LogP contribution in [0, 0.1) is 17.3 Å². The summed E-state index contributed by atoms with van der Waals surface area (Å²) in [4.78, 5) is 11.5. The second kappa shape index (κ2) is 4.47. The fourth-order valence-corrected chi connectivity index (χ4v) is 1.67. The van der Waals surface area contributed by atoms with Crippen molar-refractivity contribution in [1.29, 1.82) is 0 Å².